The summed E-state index contributed by atoms with van der Waals surface area (Å²) in [5.41, 5.74) is 0. The van der Waals surface area contributed by atoms with Crippen LogP contribution in [0.5, 0.6) is 5.75 Å². The van der Waals surface area contributed by atoms with Crippen molar-refractivity contribution in [2.24, 2.45) is 5.92 Å². The molecular formula is C20H28O4. The highest BCUT2D eigenvalue weighted by Gasteiger charge is 2.25. The summed E-state index contributed by atoms with van der Waals surface area (Å²) >= 11 is 0. The molecule has 0 saturated carbocycles. The van der Waals surface area contributed by atoms with Crippen molar-refractivity contribution in [3.8, 4) is 5.75 Å². The largest absolute Gasteiger partial charge is 0.490 e. The van der Waals surface area contributed by atoms with Crippen molar-refractivity contribution < 1.29 is 19.1 Å². The number of ether oxygens (including phenoxy) is 2. The summed E-state index contributed by atoms with van der Waals surface area (Å²) in [6.45, 7) is 2.56. The molecule has 1 aromatic carbocycles. The van der Waals surface area contributed by atoms with Gasteiger partial charge in [-0.15, -0.1) is 0 Å². The van der Waals surface area contributed by atoms with Crippen molar-refractivity contribution >= 4 is 11.8 Å². The quantitative estimate of drug-likeness (QED) is 0.247. The highest BCUT2D eigenvalue weighted by Crippen LogP contribution is 2.16. The topological polar surface area (TPSA) is 52.6 Å². The van der Waals surface area contributed by atoms with E-state index in [1.54, 1.807) is 0 Å². The third kappa shape index (κ3) is 7.95. The van der Waals surface area contributed by atoms with E-state index >= 15 is 0 Å². The zero-order chi connectivity index (χ0) is 17.6. The van der Waals surface area contributed by atoms with Gasteiger partial charge in [-0.3, -0.25) is 9.59 Å². The SMILES string of the molecule is CCCCCC(C(=O)CC/C=C/COc1ccccc1)C(=O)OC. The summed E-state index contributed by atoms with van der Waals surface area (Å²) < 4.78 is 10.3. The van der Waals surface area contributed by atoms with Crippen LogP contribution >= 0.6 is 0 Å². The van der Waals surface area contributed by atoms with E-state index in [0.29, 0.717) is 25.9 Å². The Kier molecular flexibility index (Phi) is 10.3. The predicted molar refractivity (Wildman–Crippen MR) is 95.0 cm³/mol. The van der Waals surface area contributed by atoms with Crippen LogP contribution in [0.15, 0.2) is 42.5 Å². The fourth-order valence-corrected chi connectivity index (χ4v) is 2.40. The number of carbonyl (C=O) groups excluding carboxylic acids is 2. The first-order chi connectivity index (χ1) is 11.7. The van der Waals surface area contributed by atoms with E-state index in [1.165, 1.54) is 7.11 Å². The molecule has 4 nitrogen and oxygen atoms in total. The maximum atomic E-state index is 12.2. The second-order valence-electron chi connectivity index (χ2n) is 5.67. The first-order valence-electron chi connectivity index (χ1n) is 8.62. The summed E-state index contributed by atoms with van der Waals surface area (Å²) in [7, 11) is 1.34. The molecule has 0 fully saturated rings. The molecule has 0 saturated heterocycles. The Morgan fingerprint density at radius 1 is 1.12 bits per heavy atom. The maximum absolute atomic E-state index is 12.2. The van der Waals surface area contributed by atoms with Crippen LogP contribution in [-0.2, 0) is 14.3 Å². The smallest absolute Gasteiger partial charge is 0.316 e. The number of ketones is 1. The molecule has 0 spiro atoms. The zero-order valence-corrected chi connectivity index (χ0v) is 14.7. The molecule has 0 bridgehead atoms. The third-order valence-electron chi connectivity index (χ3n) is 3.78. The average molecular weight is 332 g/mol. The van der Waals surface area contributed by atoms with Crippen LogP contribution in [0.1, 0.15) is 45.4 Å². The maximum Gasteiger partial charge on any atom is 0.316 e. The molecule has 4 heteroatoms. The van der Waals surface area contributed by atoms with Gasteiger partial charge in [0.05, 0.1) is 7.11 Å². The Morgan fingerprint density at radius 3 is 2.54 bits per heavy atom. The van der Waals surface area contributed by atoms with E-state index in [1.807, 2.05) is 42.5 Å². The summed E-state index contributed by atoms with van der Waals surface area (Å²) in [6.07, 6.45) is 8.32. The van der Waals surface area contributed by atoms with E-state index in [4.69, 9.17) is 9.47 Å². The second kappa shape index (κ2) is 12.3. The third-order valence-corrected chi connectivity index (χ3v) is 3.78. The van der Waals surface area contributed by atoms with Crippen molar-refractivity contribution in [2.75, 3.05) is 13.7 Å². The zero-order valence-electron chi connectivity index (χ0n) is 14.7. The molecule has 0 aliphatic heterocycles. The number of allylic oxidation sites excluding steroid dienone is 1. The van der Waals surface area contributed by atoms with Crippen LogP contribution < -0.4 is 4.74 Å². The highest BCUT2D eigenvalue weighted by molar-refractivity contribution is 5.98. The van der Waals surface area contributed by atoms with E-state index in [9.17, 15) is 9.59 Å². The van der Waals surface area contributed by atoms with Crippen molar-refractivity contribution in [1.82, 2.24) is 0 Å². The Balaban J connectivity index is 2.30. The van der Waals surface area contributed by atoms with Crippen LogP contribution in [0.25, 0.3) is 0 Å². The van der Waals surface area contributed by atoms with E-state index in [0.717, 1.165) is 25.0 Å². The summed E-state index contributed by atoms with van der Waals surface area (Å²) in [5, 5.41) is 0. The van der Waals surface area contributed by atoms with Crippen LogP contribution in [0, 0.1) is 5.92 Å². The molecule has 1 rings (SSSR count). The number of para-hydroxylation sites is 1. The number of benzene rings is 1. The highest BCUT2D eigenvalue weighted by atomic mass is 16.5. The summed E-state index contributed by atoms with van der Waals surface area (Å²) in [4.78, 5) is 24.0. The number of rotatable bonds is 12. The van der Waals surface area contributed by atoms with E-state index < -0.39 is 11.9 Å². The number of unbranched alkanes of at least 4 members (excludes halogenated alkanes) is 2. The second-order valence-corrected chi connectivity index (χ2v) is 5.67. The Labute approximate surface area is 144 Å². The van der Waals surface area contributed by atoms with Crippen molar-refractivity contribution in [3.63, 3.8) is 0 Å². The molecule has 1 aromatic rings. The Hall–Kier alpha value is -2.10. The lowest BCUT2D eigenvalue weighted by Crippen LogP contribution is -2.25. The van der Waals surface area contributed by atoms with Crippen LogP contribution in [0.4, 0.5) is 0 Å². The Bertz CT molecular complexity index is 508. The fraction of sp³-hybridized carbons (Fsp3) is 0.500. The molecule has 0 heterocycles. The predicted octanol–water partition coefficient (Wildman–Crippen LogP) is 4.34. The van der Waals surface area contributed by atoms with Gasteiger partial charge < -0.3 is 9.47 Å². The number of hydrogen-bond donors (Lipinski definition) is 0. The minimum absolute atomic E-state index is 0.0356. The molecular weight excluding hydrogens is 304 g/mol. The van der Waals surface area contributed by atoms with Crippen LogP contribution in [0.3, 0.4) is 0 Å². The van der Waals surface area contributed by atoms with Crippen molar-refractivity contribution in [3.05, 3.63) is 42.5 Å². The van der Waals surface area contributed by atoms with Gasteiger partial charge >= 0.3 is 5.97 Å². The number of hydrogen-bond acceptors (Lipinski definition) is 4. The van der Waals surface area contributed by atoms with E-state index in [2.05, 4.69) is 6.92 Å². The molecule has 0 N–H and O–H groups in total. The molecule has 0 aliphatic carbocycles. The van der Waals surface area contributed by atoms with Gasteiger partial charge in [0.2, 0.25) is 0 Å². The number of carbonyl (C=O) groups is 2. The monoisotopic (exact) mass is 332 g/mol. The van der Waals surface area contributed by atoms with Crippen molar-refractivity contribution in [2.45, 2.75) is 45.4 Å². The first kappa shape index (κ1) is 19.9. The van der Waals surface area contributed by atoms with Gasteiger partial charge in [-0.05, 0) is 25.0 Å². The van der Waals surface area contributed by atoms with Crippen LogP contribution in [-0.4, -0.2) is 25.5 Å². The number of Topliss-reactive ketones (excluding diaryl/α,β-unsaturated/α-hetero) is 1. The Morgan fingerprint density at radius 2 is 1.88 bits per heavy atom. The van der Waals surface area contributed by atoms with E-state index in [-0.39, 0.29) is 5.78 Å². The van der Waals surface area contributed by atoms with Crippen LogP contribution in [0.2, 0.25) is 0 Å². The minimum atomic E-state index is -0.615. The molecule has 0 radical (unpaired) electrons. The standard InChI is InChI=1S/C20H28O4/c1-3-4-7-14-18(20(22)23-2)19(21)15-10-6-11-16-24-17-12-8-5-9-13-17/h5-6,8-9,11-13,18H,3-4,7,10,14-16H2,1-2H3/b11-6+. The van der Waals surface area contributed by atoms with Gasteiger partial charge in [-0.2, -0.15) is 0 Å². The van der Waals surface area contributed by atoms with Gasteiger partial charge in [-0.25, -0.2) is 0 Å². The summed E-state index contributed by atoms with van der Waals surface area (Å²) in [6, 6.07) is 9.57. The first-order valence-corrected chi connectivity index (χ1v) is 8.62. The molecule has 24 heavy (non-hydrogen) atoms. The molecule has 0 aromatic heterocycles. The fourth-order valence-electron chi connectivity index (χ4n) is 2.40. The number of esters is 1. The normalized spacial score (nSPS) is 12.1. The molecule has 1 unspecified atom stereocenters. The summed E-state index contributed by atoms with van der Waals surface area (Å²) in [5.74, 6) is -0.241. The molecule has 1 atom stereocenters. The minimum Gasteiger partial charge on any atom is -0.490 e. The molecule has 132 valence electrons. The van der Waals surface area contributed by atoms with Gasteiger partial charge in [0, 0.05) is 6.42 Å². The number of methoxy groups -OCH3 is 1. The van der Waals surface area contributed by atoms with Gasteiger partial charge in [0.1, 0.15) is 24.1 Å². The van der Waals surface area contributed by atoms with Gasteiger partial charge in [0.25, 0.3) is 0 Å². The van der Waals surface area contributed by atoms with Gasteiger partial charge in [0.15, 0.2) is 0 Å². The average Bonchev–Trinajstić information content (AvgIpc) is 2.61. The lowest BCUT2D eigenvalue weighted by atomic mass is 9.94. The lowest BCUT2D eigenvalue weighted by molar-refractivity contribution is -0.149. The van der Waals surface area contributed by atoms with Crippen molar-refractivity contribution in [1.29, 1.82) is 0 Å². The molecule has 0 aliphatic rings. The lowest BCUT2D eigenvalue weighted by Gasteiger charge is -2.12. The molecule has 0 amide bonds. The van der Waals surface area contributed by atoms with Gasteiger partial charge in [-0.1, -0.05) is 56.5 Å².